The van der Waals surface area contributed by atoms with Crippen LogP contribution in [0.1, 0.15) is 18.1 Å². The summed E-state index contributed by atoms with van der Waals surface area (Å²) in [6, 6.07) is 8.67. The first kappa shape index (κ1) is 16.8. The summed E-state index contributed by atoms with van der Waals surface area (Å²) in [5, 5.41) is 2.97. The molecule has 0 aliphatic carbocycles. The largest absolute Gasteiger partial charge is 0.383 e. The number of rotatable bonds is 5. The van der Waals surface area contributed by atoms with Crippen molar-refractivity contribution in [2.24, 2.45) is 0 Å². The van der Waals surface area contributed by atoms with Crippen molar-refractivity contribution in [1.29, 1.82) is 0 Å². The molecular weight excluding hydrogens is 278 g/mol. The highest BCUT2D eigenvalue weighted by Gasteiger charge is 2.21. The first-order chi connectivity index (χ1) is 10.6. The van der Waals surface area contributed by atoms with Gasteiger partial charge in [0.25, 0.3) is 0 Å². The maximum absolute atomic E-state index is 12.1. The second-order valence-corrected chi connectivity index (χ2v) is 6.06. The van der Waals surface area contributed by atoms with Crippen LogP contribution in [0.5, 0.6) is 0 Å². The minimum Gasteiger partial charge on any atom is -0.383 e. The summed E-state index contributed by atoms with van der Waals surface area (Å²) >= 11 is 0. The van der Waals surface area contributed by atoms with Crippen LogP contribution in [0.4, 0.5) is 4.79 Å². The Bertz CT molecular complexity index is 485. The van der Waals surface area contributed by atoms with Gasteiger partial charge in [0.05, 0.1) is 12.6 Å². The average molecular weight is 305 g/mol. The first-order valence-electron chi connectivity index (χ1n) is 7.90. The third kappa shape index (κ3) is 5.00. The van der Waals surface area contributed by atoms with Crippen molar-refractivity contribution in [3.63, 3.8) is 0 Å². The molecule has 5 heteroatoms. The molecule has 22 heavy (non-hydrogen) atoms. The number of benzene rings is 1. The van der Waals surface area contributed by atoms with Crippen LogP contribution in [0.25, 0.3) is 0 Å². The van der Waals surface area contributed by atoms with Crippen LogP contribution < -0.4 is 5.32 Å². The second-order valence-electron chi connectivity index (χ2n) is 6.06. The molecule has 1 aliphatic heterocycles. The smallest absolute Gasteiger partial charge is 0.317 e. The SMILES string of the molecule is COCC(C)NC(=O)N1CCN(Cc2cccc(C)c2)CC1. The Morgan fingerprint density at radius 3 is 2.68 bits per heavy atom. The standard InChI is InChI=1S/C17H27N3O2/c1-14-5-4-6-16(11-14)12-19-7-9-20(10-8-19)17(21)18-15(2)13-22-3/h4-6,11,15H,7-10,12-13H2,1-3H3,(H,18,21). The molecule has 0 bridgehead atoms. The predicted molar refractivity (Wildman–Crippen MR) is 87.9 cm³/mol. The zero-order valence-electron chi connectivity index (χ0n) is 13.8. The Labute approximate surface area is 133 Å². The molecule has 1 aromatic carbocycles. The number of methoxy groups -OCH3 is 1. The highest BCUT2D eigenvalue weighted by Crippen LogP contribution is 2.10. The Balaban J connectivity index is 1.76. The van der Waals surface area contributed by atoms with Crippen LogP contribution in [0.3, 0.4) is 0 Å². The minimum absolute atomic E-state index is 0.0137. The van der Waals surface area contributed by atoms with Gasteiger partial charge in [0.15, 0.2) is 0 Å². The van der Waals surface area contributed by atoms with E-state index in [1.54, 1.807) is 7.11 Å². The highest BCUT2D eigenvalue weighted by atomic mass is 16.5. The molecule has 1 unspecified atom stereocenters. The van der Waals surface area contributed by atoms with Crippen LogP contribution in [-0.2, 0) is 11.3 Å². The first-order valence-corrected chi connectivity index (χ1v) is 7.90. The predicted octanol–water partition coefficient (Wildman–Crippen LogP) is 1.86. The molecule has 1 aliphatic rings. The van der Waals surface area contributed by atoms with Gasteiger partial charge in [-0.05, 0) is 19.4 Å². The Morgan fingerprint density at radius 1 is 1.32 bits per heavy atom. The van der Waals surface area contributed by atoms with Crippen molar-refractivity contribution in [2.75, 3.05) is 39.9 Å². The number of nitrogens with zero attached hydrogens (tertiary/aromatic N) is 2. The van der Waals surface area contributed by atoms with E-state index in [9.17, 15) is 4.79 Å². The molecule has 1 fully saturated rings. The molecule has 0 radical (unpaired) electrons. The van der Waals surface area contributed by atoms with E-state index in [1.165, 1.54) is 11.1 Å². The molecule has 1 aromatic rings. The van der Waals surface area contributed by atoms with Gasteiger partial charge in [0.1, 0.15) is 0 Å². The van der Waals surface area contributed by atoms with E-state index in [2.05, 4.69) is 41.4 Å². The molecule has 0 spiro atoms. The molecule has 1 N–H and O–H groups in total. The Morgan fingerprint density at radius 2 is 2.05 bits per heavy atom. The van der Waals surface area contributed by atoms with Gasteiger partial charge in [-0.3, -0.25) is 4.90 Å². The van der Waals surface area contributed by atoms with Crippen LogP contribution in [0.15, 0.2) is 24.3 Å². The van der Waals surface area contributed by atoms with E-state index < -0.39 is 0 Å². The lowest BCUT2D eigenvalue weighted by Crippen LogP contribution is -2.53. The number of hydrogen-bond acceptors (Lipinski definition) is 3. The number of carbonyl (C=O) groups excluding carboxylic acids is 1. The number of urea groups is 1. The van der Waals surface area contributed by atoms with Gasteiger partial charge in [0, 0.05) is 39.8 Å². The number of nitrogens with one attached hydrogen (secondary N) is 1. The molecule has 122 valence electrons. The summed E-state index contributed by atoms with van der Waals surface area (Å²) in [6.07, 6.45) is 0. The number of amides is 2. The fourth-order valence-electron chi connectivity index (χ4n) is 2.77. The summed E-state index contributed by atoms with van der Waals surface area (Å²) in [6.45, 7) is 8.95. The number of carbonyl (C=O) groups is 1. The third-order valence-corrected chi connectivity index (χ3v) is 3.93. The van der Waals surface area contributed by atoms with E-state index in [1.807, 2.05) is 11.8 Å². The van der Waals surface area contributed by atoms with Gasteiger partial charge in [-0.1, -0.05) is 29.8 Å². The lowest BCUT2D eigenvalue weighted by atomic mass is 10.1. The van der Waals surface area contributed by atoms with Crippen molar-refractivity contribution in [3.8, 4) is 0 Å². The van der Waals surface area contributed by atoms with Gasteiger partial charge >= 0.3 is 6.03 Å². The molecule has 1 heterocycles. The van der Waals surface area contributed by atoms with Crippen LogP contribution in [-0.4, -0.2) is 61.8 Å². The Hall–Kier alpha value is -1.59. The zero-order valence-corrected chi connectivity index (χ0v) is 13.8. The van der Waals surface area contributed by atoms with Crippen LogP contribution in [0, 0.1) is 6.92 Å². The van der Waals surface area contributed by atoms with Crippen molar-refractivity contribution in [1.82, 2.24) is 15.1 Å². The lowest BCUT2D eigenvalue weighted by molar-refractivity contribution is 0.126. The van der Waals surface area contributed by atoms with Gasteiger partial charge in [-0.2, -0.15) is 0 Å². The summed E-state index contributed by atoms with van der Waals surface area (Å²) in [7, 11) is 1.65. The summed E-state index contributed by atoms with van der Waals surface area (Å²) < 4.78 is 5.04. The maximum Gasteiger partial charge on any atom is 0.317 e. The molecule has 5 nitrogen and oxygen atoms in total. The molecule has 0 saturated carbocycles. The molecular formula is C17H27N3O2. The van der Waals surface area contributed by atoms with E-state index in [4.69, 9.17) is 4.74 Å². The number of hydrogen-bond donors (Lipinski definition) is 1. The van der Waals surface area contributed by atoms with E-state index in [0.29, 0.717) is 6.61 Å². The molecule has 1 atom stereocenters. The average Bonchev–Trinajstić information content (AvgIpc) is 2.48. The van der Waals surface area contributed by atoms with E-state index in [-0.39, 0.29) is 12.1 Å². The maximum atomic E-state index is 12.1. The highest BCUT2D eigenvalue weighted by molar-refractivity contribution is 5.74. The molecule has 0 aromatic heterocycles. The fraction of sp³-hybridized carbons (Fsp3) is 0.588. The van der Waals surface area contributed by atoms with Gasteiger partial charge in [0.2, 0.25) is 0 Å². The number of ether oxygens (including phenoxy) is 1. The monoisotopic (exact) mass is 305 g/mol. The fourth-order valence-corrected chi connectivity index (χ4v) is 2.77. The zero-order chi connectivity index (χ0) is 15.9. The van der Waals surface area contributed by atoms with Crippen molar-refractivity contribution in [2.45, 2.75) is 26.4 Å². The molecule has 2 amide bonds. The summed E-state index contributed by atoms with van der Waals surface area (Å²) in [5.74, 6) is 0. The molecule has 2 rings (SSSR count). The Kier molecular flexibility index (Phi) is 6.21. The number of piperazine rings is 1. The number of aryl methyl sites for hydroxylation is 1. The quantitative estimate of drug-likeness (QED) is 0.903. The summed E-state index contributed by atoms with van der Waals surface area (Å²) in [5.41, 5.74) is 2.63. The topological polar surface area (TPSA) is 44.8 Å². The normalized spacial score (nSPS) is 17.3. The molecule has 1 saturated heterocycles. The van der Waals surface area contributed by atoms with Crippen LogP contribution >= 0.6 is 0 Å². The van der Waals surface area contributed by atoms with E-state index >= 15 is 0 Å². The van der Waals surface area contributed by atoms with Gasteiger partial charge in [-0.15, -0.1) is 0 Å². The van der Waals surface area contributed by atoms with Crippen LogP contribution in [0.2, 0.25) is 0 Å². The van der Waals surface area contributed by atoms with Gasteiger partial charge in [-0.25, -0.2) is 4.79 Å². The minimum atomic E-state index is 0.0137. The third-order valence-electron chi connectivity index (χ3n) is 3.93. The lowest BCUT2D eigenvalue weighted by Gasteiger charge is -2.35. The van der Waals surface area contributed by atoms with Crippen molar-refractivity contribution >= 4 is 6.03 Å². The summed E-state index contributed by atoms with van der Waals surface area (Å²) in [4.78, 5) is 16.4. The van der Waals surface area contributed by atoms with Crippen molar-refractivity contribution < 1.29 is 9.53 Å². The van der Waals surface area contributed by atoms with E-state index in [0.717, 1.165) is 32.7 Å². The van der Waals surface area contributed by atoms with Crippen molar-refractivity contribution in [3.05, 3.63) is 35.4 Å². The van der Waals surface area contributed by atoms with Gasteiger partial charge < -0.3 is 15.0 Å². The second kappa shape index (κ2) is 8.15.